The predicted molar refractivity (Wildman–Crippen MR) is 172 cm³/mol. The van der Waals surface area contributed by atoms with Crippen molar-refractivity contribution in [3.8, 4) is 0 Å². The van der Waals surface area contributed by atoms with E-state index >= 15 is 0 Å². The normalized spacial score (nSPS) is 22.5. The van der Waals surface area contributed by atoms with Gasteiger partial charge in [-0.15, -0.1) is 0 Å². The van der Waals surface area contributed by atoms with Gasteiger partial charge in [-0.1, -0.05) is 121 Å². The van der Waals surface area contributed by atoms with Crippen molar-refractivity contribution in [2.45, 2.75) is 12.0 Å². The van der Waals surface area contributed by atoms with Gasteiger partial charge < -0.3 is 5.11 Å². The van der Waals surface area contributed by atoms with E-state index in [1.807, 2.05) is 0 Å². The first-order valence-corrected chi connectivity index (χ1v) is 15.1. The fourth-order valence-electron chi connectivity index (χ4n) is 6.86. The van der Waals surface area contributed by atoms with E-state index in [4.69, 9.17) is 0 Å². The molecule has 1 saturated carbocycles. The molecule has 1 N–H and O–H groups in total. The molecule has 5 aromatic rings. The van der Waals surface area contributed by atoms with Gasteiger partial charge in [0.25, 0.3) is 0 Å². The number of halogens is 1. The third-order valence-electron chi connectivity index (χ3n) is 9.03. The Morgan fingerprint density at radius 3 is 1.39 bits per heavy atom. The molecule has 0 aliphatic heterocycles. The van der Waals surface area contributed by atoms with Crippen molar-refractivity contribution >= 4 is 23.1 Å². The second kappa shape index (κ2) is 13.0. The van der Waals surface area contributed by atoms with E-state index in [0.717, 1.165) is 12.1 Å². The summed E-state index contributed by atoms with van der Waals surface area (Å²) in [6, 6.07) is 38.5. The third-order valence-corrected chi connectivity index (χ3v) is 9.03. The quantitative estimate of drug-likeness (QED) is 0.176. The Bertz CT molecular complexity index is 1860. The maximum absolute atomic E-state index is 14.8. The Morgan fingerprint density at radius 1 is 0.500 bits per heavy atom. The molecule has 1 aliphatic carbocycles. The van der Waals surface area contributed by atoms with Crippen molar-refractivity contribution in [3.05, 3.63) is 179 Å². The molecule has 0 bridgehead atoms. The minimum absolute atomic E-state index is 0.0965. The number of benzene rings is 5. The molecular weight excluding hydrogens is 579 g/mol. The van der Waals surface area contributed by atoms with Crippen LogP contribution in [0.15, 0.2) is 146 Å². The first kappa shape index (κ1) is 30.7. The first-order chi connectivity index (χ1) is 22.3. The van der Waals surface area contributed by atoms with Gasteiger partial charge in [0, 0.05) is 40.0 Å². The lowest BCUT2D eigenvalue weighted by atomic mass is 9.52. The molecule has 5 atom stereocenters. The minimum Gasteiger partial charge on any atom is -0.384 e. The van der Waals surface area contributed by atoms with Gasteiger partial charge in [0.1, 0.15) is 11.4 Å². The van der Waals surface area contributed by atoms with Crippen molar-refractivity contribution in [2.75, 3.05) is 0 Å². The monoisotopic (exact) mass is 610 g/mol. The van der Waals surface area contributed by atoms with Crippen LogP contribution >= 0.6 is 0 Å². The van der Waals surface area contributed by atoms with Crippen molar-refractivity contribution in [1.82, 2.24) is 0 Å². The van der Waals surface area contributed by atoms with Gasteiger partial charge in [-0.25, -0.2) is 4.39 Å². The molecule has 1 fully saturated rings. The maximum Gasteiger partial charge on any atom is 0.169 e. The Hall–Kier alpha value is -5.33. The van der Waals surface area contributed by atoms with Crippen molar-refractivity contribution in [3.63, 3.8) is 0 Å². The van der Waals surface area contributed by atoms with Gasteiger partial charge >= 0.3 is 0 Å². The number of hydrogen-bond acceptors (Lipinski definition) is 5. The maximum atomic E-state index is 14.8. The predicted octanol–water partition coefficient (Wildman–Crippen LogP) is 7.41. The summed E-state index contributed by atoms with van der Waals surface area (Å²) in [5.74, 6) is -8.10. The summed E-state index contributed by atoms with van der Waals surface area (Å²) in [4.78, 5) is 58.5. The summed E-state index contributed by atoms with van der Waals surface area (Å²) in [6.07, 6.45) is -0.301. The van der Waals surface area contributed by atoms with Crippen LogP contribution in [0.3, 0.4) is 0 Å². The number of hydrogen-bond donors (Lipinski definition) is 1. The van der Waals surface area contributed by atoms with Gasteiger partial charge in [0.2, 0.25) is 0 Å². The fourth-order valence-corrected chi connectivity index (χ4v) is 6.86. The summed E-state index contributed by atoms with van der Waals surface area (Å²) in [5, 5.41) is 12.9. The van der Waals surface area contributed by atoms with Crippen molar-refractivity contribution in [1.29, 1.82) is 0 Å². The second-order valence-electron chi connectivity index (χ2n) is 11.7. The third kappa shape index (κ3) is 5.75. The molecule has 5 nitrogen and oxygen atoms in total. The molecule has 6 rings (SSSR count). The Kier molecular flexibility index (Phi) is 8.64. The van der Waals surface area contributed by atoms with E-state index < -0.39 is 58.2 Å². The molecule has 5 aromatic carbocycles. The summed E-state index contributed by atoms with van der Waals surface area (Å²) in [7, 11) is 0. The molecule has 6 heteroatoms. The van der Waals surface area contributed by atoms with Gasteiger partial charge in [-0.05, 0) is 36.2 Å². The summed E-state index contributed by atoms with van der Waals surface area (Å²) >= 11 is 0. The first-order valence-electron chi connectivity index (χ1n) is 15.1. The Balaban J connectivity index is 1.64. The average Bonchev–Trinajstić information content (AvgIpc) is 3.11. The highest BCUT2D eigenvalue weighted by Gasteiger charge is 2.61. The summed E-state index contributed by atoms with van der Waals surface area (Å²) in [5.41, 5.74) is -0.767. The van der Waals surface area contributed by atoms with E-state index in [1.54, 1.807) is 121 Å². The lowest BCUT2D eigenvalue weighted by Crippen LogP contribution is -2.58. The number of aliphatic hydroxyl groups is 1. The van der Waals surface area contributed by atoms with Crippen LogP contribution in [0.4, 0.5) is 4.39 Å². The molecular formula is C40H31FO5. The van der Waals surface area contributed by atoms with E-state index in [1.165, 1.54) is 12.1 Å². The molecule has 0 spiro atoms. The summed E-state index contributed by atoms with van der Waals surface area (Å²) in [6.45, 7) is 0. The van der Waals surface area contributed by atoms with Crippen molar-refractivity contribution in [2.24, 2.45) is 23.7 Å². The van der Waals surface area contributed by atoms with E-state index in [0.29, 0.717) is 11.1 Å². The number of rotatable bonds is 9. The van der Waals surface area contributed by atoms with Crippen LogP contribution in [0, 0.1) is 29.5 Å². The van der Waals surface area contributed by atoms with Crippen LogP contribution in [-0.2, 0) is 5.60 Å². The highest BCUT2D eigenvalue weighted by atomic mass is 19.1. The Morgan fingerprint density at radius 2 is 0.891 bits per heavy atom. The van der Waals surface area contributed by atoms with Crippen LogP contribution in [-0.4, -0.2) is 28.2 Å². The minimum atomic E-state index is -2.02. The van der Waals surface area contributed by atoms with Crippen molar-refractivity contribution < 1.29 is 28.7 Å². The molecule has 0 aromatic heterocycles. The SMILES string of the molecule is O=C(c1ccccc1)[C@@H]1[C@H](C(=O)c2ccc(F)cc2)[C@H](C(=O)c2ccccc2)C[C@](O)(c2ccccc2)[C@@H]1C(=O)c1ccccc1. The van der Waals surface area contributed by atoms with Gasteiger partial charge in [0.15, 0.2) is 23.1 Å². The lowest BCUT2D eigenvalue weighted by Gasteiger charge is -2.50. The zero-order valence-electron chi connectivity index (χ0n) is 24.8. The fraction of sp³-hybridized carbons (Fsp3) is 0.150. The van der Waals surface area contributed by atoms with Crippen LogP contribution in [0.2, 0.25) is 0 Å². The lowest BCUT2D eigenvalue weighted by molar-refractivity contribution is -0.0846. The van der Waals surface area contributed by atoms with Gasteiger partial charge in [0.05, 0.1) is 5.92 Å². The van der Waals surface area contributed by atoms with E-state index in [2.05, 4.69) is 0 Å². The Labute approximate surface area is 266 Å². The topological polar surface area (TPSA) is 88.5 Å². The zero-order chi connectivity index (χ0) is 32.3. The highest BCUT2D eigenvalue weighted by Crippen LogP contribution is 2.53. The van der Waals surface area contributed by atoms with E-state index in [9.17, 15) is 28.7 Å². The summed E-state index contributed by atoms with van der Waals surface area (Å²) < 4.78 is 14.0. The second-order valence-corrected chi connectivity index (χ2v) is 11.7. The molecule has 0 heterocycles. The largest absolute Gasteiger partial charge is 0.384 e. The number of carbonyl (C=O) groups excluding carboxylic acids is 4. The molecule has 0 unspecified atom stereocenters. The molecule has 0 saturated heterocycles. The van der Waals surface area contributed by atoms with Crippen LogP contribution in [0.1, 0.15) is 53.4 Å². The van der Waals surface area contributed by atoms with Crippen LogP contribution in [0.5, 0.6) is 0 Å². The number of Topliss-reactive ketones (excluding diaryl/α,β-unsaturated/α-hetero) is 4. The van der Waals surface area contributed by atoms with E-state index in [-0.39, 0.29) is 23.1 Å². The standard InChI is InChI=1S/C40H31FO5/c41-31-23-21-29(22-24-31)37(43)33-32(36(42)26-13-5-1-6-14-26)25-40(46,30-19-11-4-12-20-30)35(39(45)28-17-9-3-10-18-28)34(33)38(44)27-15-7-2-8-16-27/h1-24,32-35,46H,25H2/t32-,33-,34-,35+,40+/m1/s1. The molecule has 228 valence electrons. The average molecular weight is 611 g/mol. The van der Waals surface area contributed by atoms with Gasteiger partial charge in [-0.3, -0.25) is 19.2 Å². The smallest absolute Gasteiger partial charge is 0.169 e. The van der Waals surface area contributed by atoms with Crippen LogP contribution in [0.25, 0.3) is 0 Å². The highest BCUT2D eigenvalue weighted by molar-refractivity contribution is 6.12. The van der Waals surface area contributed by atoms with Gasteiger partial charge in [-0.2, -0.15) is 0 Å². The molecule has 0 radical (unpaired) electrons. The number of carbonyl (C=O) groups is 4. The number of ketones is 4. The molecule has 46 heavy (non-hydrogen) atoms. The zero-order valence-corrected chi connectivity index (χ0v) is 24.8. The molecule has 1 aliphatic rings. The van der Waals surface area contributed by atoms with Crippen LogP contribution < -0.4 is 0 Å². The molecule has 0 amide bonds.